The van der Waals surface area contributed by atoms with Gasteiger partial charge < -0.3 is 10.7 Å². The summed E-state index contributed by atoms with van der Waals surface area (Å²) in [6.45, 7) is 0. The molecule has 3 N–H and O–H groups in total. The minimum absolute atomic E-state index is 0.449. The van der Waals surface area contributed by atoms with Crippen LogP contribution in [0, 0.1) is 0 Å². The summed E-state index contributed by atoms with van der Waals surface area (Å²) in [7, 11) is 0. The third-order valence-corrected chi connectivity index (χ3v) is 4.79. The van der Waals surface area contributed by atoms with Crippen molar-refractivity contribution in [3.8, 4) is 11.3 Å². The molecule has 0 spiro atoms. The number of aromatic amines is 1. The first-order chi connectivity index (χ1) is 10.7. The second-order valence-electron chi connectivity index (χ2n) is 5.98. The van der Waals surface area contributed by atoms with Crippen molar-refractivity contribution in [3.05, 3.63) is 59.2 Å². The van der Waals surface area contributed by atoms with Crippen LogP contribution in [0.25, 0.3) is 22.2 Å². The van der Waals surface area contributed by atoms with E-state index in [9.17, 15) is 0 Å². The van der Waals surface area contributed by atoms with Crippen LogP contribution in [0.2, 0.25) is 0 Å². The Morgan fingerprint density at radius 1 is 1.00 bits per heavy atom. The SMILES string of the molecule is NC(=S)c1c(-c2ccc3c(c2)CCCC3)[nH]c2ccccc12. The lowest BCUT2D eigenvalue weighted by molar-refractivity contribution is 0.686. The van der Waals surface area contributed by atoms with E-state index in [0.29, 0.717) is 4.99 Å². The molecule has 22 heavy (non-hydrogen) atoms. The van der Waals surface area contributed by atoms with Crippen molar-refractivity contribution in [2.75, 3.05) is 0 Å². The van der Waals surface area contributed by atoms with E-state index in [1.165, 1.54) is 42.4 Å². The van der Waals surface area contributed by atoms with Gasteiger partial charge in [0.2, 0.25) is 0 Å². The summed E-state index contributed by atoms with van der Waals surface area (Å²) in [6.07, 6.45) is 4.96. The summed E-state index contributed by atoms with van der Waals surface area (Å²) >= 11 is 5.31. The minimum Gasteiger partial charge on any atom is -0.389 e. The molecule has 1 aliphatic carbocycles. The highest BCUT2D eigenvalue weighted by Gasteiger charge is 2.17. The molecule has 2 aromatic carbocycles. The number of para-hydroxylation sites is 1. The van der Waals surface area contributed by atoms with Crippen LogP contribution >= 0.6 is 12.2 Å². The lowest BCUT2D eigenvalue weighted by atomic mass is 9.89. The van der Waals surface area contributed by atoms with Gasteiger partial charge in [-0.3, -0.25) is 0 Å². The maximum atomic E-state index is 6.01. The largest absolute Gasteiger partial charge is 0.389 e. The van der Waals surface area contributed by atoms with E-state index in [-0.39, 0.29) is 0 Å². The average molecular weight is 306 g/mol. The monoisotopic (exact) mass is 306 g/mol. The van der Waals surface area contributed by atoms with Gasteiger partial charge in [0.1, 0.15) is 4.99 Å². The third kappa shape index (κ3) is 2.13. The molecule has 3 aromatic rings. The first kappa shape index (κ1) is 13.5. The quantitative estimate of drug-likeness (QED) is 0.691. The Bertz CT molecular complexity index is 876. The normalized spacial score (nSPS) is 14.0. The zero-order valence-electron chi connectivity index (χ0n) is 12.4. The van der Waals surface area contributed by atoms with Gasteiger partial charge in [0.05, 0.1) is 5.69 Å². The molecule has 2 nitrogen and oxygen atoms in total. The van der Waals surface area contributed by atoms with Crippen LogP contribution in [-0.4, -0.2) is 9.97 Å². The number of fused-ring (bicyclic) bond motifs is 2. The standard InChI is InChI=1S/C19H18N2S/c20-19(22)17-15-7-3-4-8-16(15)21-18(17)14-10-9-12-5-1-2-6-13(12)11-14/h3-4,7-11,21H,1-2,5-6H2,(H2,20,22). The van der Waals surface area contributed by atoms with E-state index in [2.05, 4.69) is 35.3 Å². The zero-order chi connectivity index (χ0) is 15.1. The van der Waals surface area contributed by atoms with Crippen molar-refractivity contribution in [1.29, 1.82) is 0 Å². The summed E-state index contributed by atoms with van der Waals surface area (Å²) in [5.74, 6) is 0. The Labute approximate surface area is 135 Å². The summed E-state index contributed by atoms with van der Waals surface area (Å²) in [6, 6.07) is 14.9. The molecule has 4 rings (SSSR count). The van der Waals surface area contributed by atoms with E-state index in [1.54, 1.807) is 0 Å². The fourth-order valence-electron chi connectivity index (χ4n) is 3.50. The number of thiocarbonyl (C=S) groups is 1. The van der Waals surface area contributed by atoms with Gasteiger partial charge in [-0.1, -0.05) is 42.5 Å². The number of rotatable bonds is 2. The number of benzene rings is 2. The molecule has 0 saturated carbocycles. The minimum atomic E-state index is 0.449. The van der Waals surface area contributed by atoms with Gasteiger partial charge in [-0.25, -0.2) is 0 Å². The number of H-pyrrole nitrogens is 1. The number of nitrogens with two attached hydrogens (primary N) is 1. The van der Waals surface area contributed by atoms with Crippen molar-refractivity contribution < 1.29 is 0 Å². The molecule has 0 fully saturated rings. The number of nitrogens with one attached hydrogen (secondary N) is 1. The Kier molecular flexibility index (Phi) is 3.23. The zero-order valence-corrected chi connectivity index (χ0v) is 13.2. The highest BCUT2D eigenvalue weighted by molar-refractivity contribution is 7.80. The second kappa shape index (κ2) is 5.25. The van der Waals surface area contributed by atoms with Crippen molar-refractivity contribution in [1.82, 2.24) is 4.98 Å². The highest BCUT2D eigenvalue weighted by atomic mass is 32.1. The van der Waals surface area contributed by atoms with E-state index in [0.717, 1.165) is 22.2 Å². The smallest absolute Gasteiger partial charge is 0.106 e. The van der Waals surface area contributed by atoms with E-state index >= 15 is 0 Å². The van der Waals surface area contributed by atoms with Crippen LogP contribution in [-0.2, 0) is 12.8 Å². The van der Waals surface area contributed by atoms with Crippen LogP contribution < -0.4 is 5.73 Å². The summed E-state index contributed by atoms with van der Waals surface area (Å²) in [5.41, 5.74) is 13.2. The van der Waals surface area contributed by atoms with Gasteiger partial charge in [0.25, 0.3) is 0 Å². The van der Waals surface area contributed by atoms with Crippen molar-refractivity contribution in [3.63, 3.8) is 0 Å². The van der Waals surface area contributed by atoms with E-state index < -0.39 is 0 Å². The van der Waals surface area contributed by atoms with Crippen LogP contribution in [0.5, 0.6) is 0 Å². The predicted octanol–water partition coefficient (Wildman–Crippen LogP) is 4.35. The maximum absolute atomic E-state index is 6.01. The molecule has 1 aromatic heterocycles. The molecule has 0 saturated heterocycles. The average Bonchev–Trinajstić information content (AvgIpc) is 2.94. The van der Waals surface area contributed by atoms with Crippen LogP contribution in [0.3, 0.4) is 0 Å². The molecule has 3 heteroatoms. The van der Waals surface area contributed by atoms with Gasteiger partial charge in [-0.15, -0.1) is 0 Å². The Balaban J connectivity index is 1.94. The Morgan fingerprint density at radius 2 is 1.77 bits per heavy atom. The lowest BCUT2D eigenvalue weighted by Crippen LogP contribution is -2.10. The Morgan fingerprint density at radius 3 is 2.59 bits per heavy atom. The van der Waals surface area contributed by atoms with E-state index in [4.69, 9.17) is 18.0 Å². The molecule has 0 aliphatic heterocycles. The molecule has 110 valence electrons. The highest BCUT2D eigenvalue weighted by Crippen LogP contribution is 2.33. The number of aryl methyl sites for hydroxylation is 2. The van der Waals surface area contributed by atoms with Gasteiger partial charge in [-0.2, -0.15) is 0 Å². The first-order valence-electron chi connectivity index (χ1n) is 7.77. The van der Waals surface area contributed by atoms with Gasteiger partial charge >= 0.3 is 0 Å². The molecule has 0 atom stereocenters. The molecule has 0 amide bonds. The topological polar surface area (TPSA) is 41.8 Å². The van der Waals surface area contributed by atoms with Crippen molar-refractivity contribution >= 4 is 28.1 Å². The maximum Gasteiger partial charge on any atom is 0.106 e. The molecule has 0 unspecified atom stereocenters. The molecule has 1 heterocycles. The predicted molar refractivity (Wildman–Crippen MR) is 96.3 cm³/mol. The number of hydrogen-bond acceptors (Lipinski definition) is 1. The van der Waals surface area contributed by atoms with Gasteiger partial charge in [-0.05, 0) is 54.5 Å². The van der Waals surface area contributed by atoms with Gasteiger partial charge in [0.15, 0.2) is 0 Å². The molecular formula is C19H18N2S. The van der Waals surface area contributed by atoms with Crippen LogP contribution in [0.4, 0.5) is 0 Å². The summed E-state index contributed by atoms with van der Waals surface area (Å²) < 4.78 is 0. The number of aromatic nitrogens is 1. The fraction of sp³-hybridized carbons (Fsp3) is 0.211. The first-order valence-corrected chi connectivity index (χ1v) is 8.17. The van der Waals surface area contributed by atoms with Crippen molar-refractivity contribution in [2.45, 2.75) is 25.7 Å². The summed E-state index contributed by atoms with van der Waals surface area (Å²) in [5, 5.41) is 1.10. The molecule has 0 bridgehead atoms. The summed E-state index contributed by atoms with van der Waals surface area (Å²) in [4.78, 5) is 3.95. The molecule has 1 aliphatic rings. The Hall–Kier alpha value is -2.13. The van der Waals surface area contributed by atoms with Crippen LogP contribution in [0.15, 0.2) is 42.5 Å². The van der Waals surface area contributed by atoms with Crippen LogP contribution in [0.1, 0.15) is 29.5 Å². The lowest BCUT2D eigenvalue weighted by Gasteiger charge is -2.16. The fourth-order valence-corrected chi connectivity index (χ4v) is 3.72. The van der Waals surface area contributed by atoms with Crippen molar-refractivity contribution in [2.24, 2.45) is 5.73 Å². The molecular weight excluding hydrogens is 288 g/mol. The third-order valence-electron chi connectivity index (χ3n) is 4.59. The number of hydrogen-bond donors (Lipinski definition) is 2. The van der Waals surface area contributed by atoms with Gasteiger partial charge in [0, 0.05) is 16.5 Å². The second-order valence-corrected chi connectivity index (χ2v) is 6.42. The van der Waals surface area contributed by atoms with E-state index in [1.807, 2.05) is 12.1 Å². The molecule has 0 radical (unpaired) electrons.